The smallest absolute Gasteiger partial charge is 0.0370 e. The van der Waals surface area contributed by atoms with E-state index in [0.29, 0.717) is 15.2 Å². The quantitative estimate of drug-likeness (QED) is 0.624. The third-order valence-electron chi connectivity index (χ3n) is 2.73. The third-order valence-corrected chi connectivity index (χ3v) is 2.73. The van der Waals surface area contributed by atoms with E-state index in [-0.39, 0.29) is 0 Å². The molecular formula is C13H29BN. The van der Waals surface area contributed by atoms with Gasteiger partial charge in [-0.1, -0.05) is 41.5 Å². The molecule has 0 aromatic rings. The Morgan fingerprint density at radius 3 is 1.67 bits per heavy atom. The maximum atomic E-state index is 6.43. The molecule has 15 heavy (non-hydrogen) atoms. The molecule has 0 aliphatic carbocycles. The van der Waals surface area contributed by atoms with Crippen LogP contribution >= 0.6 is 0 Å². The Balaban J connectivity index is 4.32. The summed E-state index contributed by atoms with van der Waals surface area (Å²) in [5.41, 5.74) is 0.693. The summed E-state index contributed by atoms with van der Waals surface area (Å²) in [4.78, 5) is 0. The molecule has 0 rings (SSSR count). The van der Waals surface area contributed by atoms with Crippen molar-refractivity contribution in [2.45, 2.75) is 54.9 Å². The van der Waals surface area contributed by atoms with E-state index in [1.807, 2.05) is 0 Å². The summed E-state index contributed by atoms with van der Waals surface area (Å²) in [6.45, 7) is 19.0. The van der Waals surface area contributed by atoms with Crippen LogP contribution in [0.1, 0.15) is 54.9 Å². The van der Waals surface area contributed by atoms with Crippen LogP contribution in [0.2, 0.25) is 0 Å². The minimum absolute atomic E-state index is 0.308. The minimum atomic E-state index is 0.308. The average Bonchev–Trinajstić information content (AvgIpc) is 1.97. The van der Waals surface area contributed by atoms with Crippen molar-refractivity contribution in [2.24, 2.45) is 10.8 Å². The van der Waals surface area contributed by atoms with Gasteiger partial charge in [0.25, 0.3) is 0 Å². The van der Waals surface area contributed by atoms with Crippen molar-refractivity contribution in [3.05, 3.63) is 0 Å². The van der Waals surface area contributed by atoms with Gasteiger partial charge in [-0.3, -0.25) is 0 Å². The monoisotopic (exact) mass is 210 g/mol. The largest absolute Gasteiger partial charge is 0.588 e. The Kier molecular flexibility index (Phi) is 4.91. The third kappa shape index (κ3) is 7.90. The fourth-order valence-electron chi connectivity index (χ4n) is 1.85. The van der Waals surface area contributed by atoms with Crippen LogP contribution in [-0.2, 0) is 0 Å². The summed E-state index contributed by atoms with van der Waals surface area (Å²) < 4.78 is 0.709. The lowest BCUT2D eigenvalue weighted by Crippen LogP contribution is -2.51. The van der Waals surface area contributed by atoms with E-state index in [4.69, 9.17) is 7.98 Å². The molecule has 0 heterocycles. The first-order valence-electron chi connectivity index (χ1n) is 6.12. The molecule has 0 aliphatic heterocycles. The molecule has 1 unspecified atom stereocenters. The molecule has 0 aliphatic rings. The Morgan fingerprint density at radius 2 is 1.40 bits per heavy atom. The maximum Gasteiger partial charge on any atom is 0.0370 e. The highest BCUT2D eigenvalue weighted by Crippen LogP contribution is 2.24. The molecule has 1 atom stereocenters. The number of rotatable bonds is 4. The van der Waals surface area contributed by atoms with Gasteiger partial charge in [0, 0.05) is 25.0 Å². The van der Waals surface area contributed by atoms with Crippen molar-refractivity contribution in [3.8, 4) is 0 Å². The van der Waals surface area contributed by atoms with Gasteiger partial charge in [-0.2, -0.15) is 0 Å². The van der Waals surface area contributed by atoms with Crippen LogP contribution in [0.5, 0.6) is 0 Å². The van der Waals surface area contributed by atoms with Crippen molar-refractivity contribution in [3.63, 3.8) is 0 Å². The summed E-state index contributed by atoms with van der Waals surface area (Å²) in [5.74, 6) is 0. The van der Waals surface area contributed by atoms with Crippen LogP contribution in [0.4, 0.5) is 0 Å². The van der Waals surface area contributed by atoms with Gasteiger partial charge in [-0.25, -0.2) is 7.98 Å². The molecular weight excluding hydrogens is 181 g/mol. The summed E-state index contributed by atoms with van der Waals surface area (Å²) in [6.07, 6.45) is 1.19. The van der Waals surface area contributed by atoms with E-state index >= 15 is 0 Å². The second-order valence-corrected chi connectivity index (χ2v) is 7.29. The van der Waals surface area contributed by atoms with Gasteiger partial charge >= 0.3 is 0 Å². The zero-order valence-electron chi connectivity index (χ0n) is 11.9. The Hall–Kier alpha value is 0.0249. The van der Waals surface area contributed by atoms with E-state index in [2.05, 4.69) is 48.5 Å². The number of nitrogens with zero attached hydrogens (tertiary/aromatic N) is 1. The molecule has 0 aromatic carbocycles. The molecule has 0 saturated carbocycles. The molecule has 89 valence electrons. The lowest BCUT2D eigenvalue weighted by molar-refractivity contribution is -0.823. The fraction of sp³-hybridized carbons (Fsp3) is 1.00. The standard InChI is InChI=1S/C13H29BN/c1-8-15(14,11-13(5,6)7)10-9-12(2,3)4/h8-11H2,1-7H3. The van der Waals surface area contributed by atoms with Crippen LogP contribution in [-0.4, -0.2) is 32.0 Å². The predicted octanol–water partition coefficient (Wildman–Crippen LogP) is 3.39. The Bertz CT molecular complexity index is 188. The zero-order chi connectivity index (χ0) is 12.3. The van der Waals surface area contributed by atoms with Crippen LogP contribution in [0.25, 0.3) is 0 Å². The summed E-state index contributed by atoms with van der Waals surface area (Å²) in [7, 11) is 6.43. The van der Waals surface area contributed by atoms with Crippen LogP contribution < -0.4 is 0 Å². The number of hydrogen-bond donors (Lipinski definition) is 0. The first-order valence-corrected chi connectivity index (χ1v) is 6.12. The molecule has 0 fully saturated rings. The molecule has 2 heteroatoms. The molecule has 0 amide bonds. The highest BCUT2D eigenvalue weighted by Gasteiger charge is 2.21. The molecule has 1 nitrogen and oxygen atoms in total. The molecule has 0 aromatic heterocycles. The second-order valence-electron chi connectivity index (χ2n) is 7.29. The van der Waals surface area contributed by atoms with E-state index < -0.39 is 0 Å². The molecule has 3 radical (unpaired) electrons. The predicted molar refractivity (Wildman–Crippen MR) is 69.8 cm³/mol. The number of quaternary nitrogens is 1. The second kappa shape index (κ2) is 4.90. The first-order chi connectivity index (χ1) is 6.47. The molecule has 0 bridgehead atoms. The summed E-state index contributed by atoms with van der Waals surface area (Å²) >= 11 is 0. The topological polar surface area (TPSA) is 0 Å². The SMILES string of the molecule is [B-][N+](CC)(CCC(C)(C)C)CC(C)(C)C. The van der Waals surface area contributed by atoms with Gasteiger partial charge in [-0.15, -0.1) is 0 Å². The zero-order valence-corrected chi connectivity index (χ0v) is 11.9. The highest BCUT2D eigenvalue weighted by atomic mass is 15.3. The Morgan fingerprint density at radius 1 is 0.933 bits per heavy atom. The average molecular weight is 210 g/mol. The van der Waals surface area contributed by atoms with Crippen LogP contribution in [0.3, 0.4) is 0 Å². The van der Waals surface area contributed by atoms with Gasteiger partial charge in [0.05, 0.1) is 0 Å². The number of hydrogen-bond acceptors (Lipinski definition) is 0. The van der Waals surface area contributed by atoms with Crippen molar-refractivity contribution >= 4 is 7.98 Å². The summed E-state index contributed by atoms with van der Waals surface area (Å²) in [5, 5.41) is 0. The highest BCUT2D eigenvalue weighted by molar-refractivity contribution is 5.97. The van der Waals surface area contributed by atoms with E-state index in [0.717, 1.165) is 19.6 Å². The van der Waals surface area contributed by atoms with Crippen LogP contribution in [0, 0.1) is 10.8 Å². The first kappa shape index (κ1) is 15.0. The fourth-order valence-corrected chi connectivity index (χ4v) is 1.85. The molecule has 0 saturated heterocycles. The van der Waals surface area contributed by atoms with E-state index in [1.165, 1.54) is 6.42 Å². The lowest BCUT2D eigenvalue weighted by atomic mass is 9.87. The van der Waals surface area contributed by atoms with Gasteiger partial charge in [0.15, 0.2) is 0 Å². The van der Waals surface area contributed by atoms with E-state index in [1.54, 1.807) is 0 Å². The van der Waals surface area contributed by atoms with Crippen LogP contribution in [0.15, 0.2) is 0 Å². The van der Waals surface area contributed by atoms with Gasteiger partial charge < -0.3 is 4.39 Å². The van der Waals surface area contributed by atoms with Crippen molar-refractivity contribution < 1.29 is 4.39 Å². The normalized spacial score (nSPS) is 17.6. The maximum absolute atomic E-state index is 6.43. The summed E-state index contributed by atoms with van der Waals surface area (Å²) in [6, 6.07) is 0. The Labute approximate surface area is 98.3 Å². The van der Waals surface area contributed by atoms with Gasteiger partial charge in [0.2, 0.25) is 0 Å². The van der Waals surface area contributed by atoms with Crippen molar-refractivity contribution in [2.75, 3.05) is 19.6 Å². The minimum Gasteiger partial charge on any atom is -0.588 e. The van der Waals surface area contributed by atoms with Gasteiger partial charge in [-0.05, 0) is 18.8 Å². The lowest BCUT2D eigenvalue weighted by Gasteiger charge is -2.53. The molecule has 0 spiro atoms. The molecule has 0 N–H and O–H groups in total. The van der Waals surface area contributed by atoms with Crippen molar-refractivity contribution in [1.29, 1.82) is 0 Å². The van der Waals surface area contributed by atoms with Gasteiger partial charge in [0.1, 0.15) is 0 Å². The van der Waals surface area contributed by atoms with E-state index in [9.17, 15) is 0 Å². The van der Waals surface area contributed by atoms with Crippen molar-refractivity contribution in [1.82, 2.24) is 0 Å².